The van der Waals surface area contributed by atoms with Crippen molar-refractivity contribution in [1.29, 1.82) is 0 Å². The van der Waals surface area contributed by atoms with E-state index in [1.807, 2.05) is 61.5 Å². The fourth-order valence-corrected chi connectivity index (χ4v) is 4.87. The number of benzene rings is 3. The summed E-state index contributed by atoms with van der Waals surface area (Å²) in [6, 6.07) is 20.7. The molecule has 0 aliphatic carbocycles. The minimum atomic E-state index is -0.148. The van der Waals surface area contributed by atoms with E-state index < -0.39 is 0 Å². The number of ether oxygens (including phenoxy) is 2. The van der Waals surface area contributed by atoms with Gasteiger partial charge in [-0.2, -0.15) is 0 Å². The van der Waals surface area contributed by atoms with Gasteiger partial charge in [-0.05, 0) is 55.0 Å². The number of anilines is 1. The molecule has 3 aromatic carbocycles. The molecule has 0 radical (unpaired) electrons. The van der Waals surface area contributed by atoms with Crippen LogP contribution in [0.25, 0.3) is 0 Å². The number of thioether (sulfide) groups is 1. The summed E-state index contributed by atoms with van der Waals surface area (Å²) in [7, 11) is 0. The van der Waals surface area contributed by atoms with E-state index in [-0.39, 0.29) is 11.3 Å². The molecule has 4 rings (SSSR count). The normalized spacial score (nSPS) is 15.9. The van der Waals surface area contributed by atoms with Gasteiger partial charge >= 0.3 is 0 Å². The van der Waals surface area contributed by atoms with Crippen LogP contribution in [-0.2, 0) is 11.4 Å². The second kappa shape index (κ2) is 9.86. The zero-order valence-corrected chi connectivity index (χ0v) is 19.2. The third-order valence-electron chi connectivity index (χ3n) is 4.87. The van der Waals surface area contributed by atoms with Gasteiger partial charge in [-0.15, -0.1) is 11.8 Å². The molecule has 0 bridgehead atoms. The van der Waals surface area contributed by atoms with Gasteiger partial charge in [0, 0.05) is 21.3 Å². The van der Waals surface area contributed by atoms with Gasteiger partial charge in [0.1, 0.15) is 12.0 Å². The lowest BCUT2D eigenvalue weighted by Crippen LogP contribution is -2.27. The van der Waals surface area contributed by atoms with E-state index in [9.17, 15) is 4.79 Å². The first-order valence-corrected chi connectivity index (χ1v) is 11.7. The number of amides is 1. The fraction of sp³-hybridized carbons (Fsp3) is 0.208. The van der Waals surface area contributed by atoms with Crippen molar-refractivity contribution in [1.82, 2.24) is 0 Å². The molecule has 1 atom stereocenters. The lowest BCUT2D eigenvalue weighted by Gasteiger charge is -2.25. The molecule has 31 heavy (non-hydrogen) atoms. The molecule has 0 spiro atoms. The summed E-state index contributed by atoms with van der Waals surface area (Å²) in [5.41, 5.74) is 2.70. The van der Waals surface area contributed by atoms with Crippen LogP contribution in [0.1, 0.15) is 23.4 Å². The number of nitrogens with zero attached hydrogens (tertiary/aromatic N) is 1. The van der Waals surface area contributed by atoms with Crippen LogP contribution in [-0.4, -0.2) is 18.3 Å². The van der Waals surface area contributed by atoms with Crippen LogP contribution in [0.15, 0.2) is 66.7 Å². The molecule has 0 unspecified atom stereocenters. The smallest absolute Gasteiger partial charge is 0.238 e. The molecule has 0 N–H and O–H groups in total. The van der Waals surface area contributed by atoms with Crippen molar-refractivity contribution in [2.24, 2.45) is 0 Å². The highest BCUT2D eigenvalue weighted by molar-refractivity contribution is 8.00. The van der Waals surface area contributed by atoms with Crippen LogP contribution in [0.5, 0.6) is 11.5 Å². The zero-order valence-electron chi connectivity index (χ0n) is 16.9. The molecule has 1 fully saturated rings. The minimum Gasteiger partial charge on any atom is -0.490 e. The standard InChI is InChI=1S/C24H21Cl2NO3S/c1-2-29-22-13-16(7-12-21(22)30-14-17-5-3-4-6-20(17)26)24-27(23(28)15-31-24)19-10-8-18(25)9-11-19/h3-13,24H,2,14-15H2,1H3/t24-/m0/s1. The maximum absolute atomic E-state index is 12.6. The molecule has 4 nitrogen and oxygen atoms in total. The average Bonchev–Trinajstić information content (AvgIpc) is 3.16. The Hall–Kier alpha value is -2.34. The Balaban J connectivity index is 1.59. The predicted molar refractivity (Wildman–Crippen MR) is 128 cm³/mol. The van der Waals surface area contributed by atoms with Crippen LogP contribution < -0.4 is 14.4 Å². The Morgan fingerprint density at radius 3 is 2.52 bits per heavy atom. The number of hydrogen-bond acceptors (Lipinski definition) is 4. The van der Waals surface area contributed by atoms with Gasteiger partial charge in [0.2, 0.25) is 5.91 Å². The Kier molecular flexibility index (Phi) is 6.96. The summed E-state index contributed by atoms with van der Waals surface area (Å²) in [6.07, 6.45) is 0. The van der Waals surface area contributed by atoms with E-state index in [0.29, 0.717) is 40.5 Å². The van der Waals surface area contributed by atoms with E-state index in [1.54, 1.807) is 28.8 Å². The third kappa shape index (κ3) is 4.95. The van der Waals surface area contributed by atoms with Gasteiger partial charge in [-0.1, -0.05) is 47.5 Å². The molecule has 1 aliphatic rings. The van der Waals surface area contributed by atoms with E-state index in [4.69, 9.17) is 32.7 Å². The van der Waals surface area contributed by atoms with Gasteiger partial charge in [0.25, 0.3) is 0 Å². The second-order valence-corrected chi connectivity index (χ2v) is 8.83. The maximum atomic E-state index is 12.6. The van der Waals surface area contributed by atoms with Crippen LogP contribution in [0.3, 0.4) is 0 Å². The third-order valence-corrected chi connectivity index (χ3v) is 6.70. The van der Waals surface area contributed by atoms with Crippen molar-refractivity contribution in [3.8, 4) is 11.5 Å². The molecular weight excluding hydrogens is 453 g/mol. The van der Waals surface area contributed by atoms with Gasteiger partial charge in [-0.25, -0.2) is 0 Å². The first-order valence-electron chi connectivity index (χ1n) is 9.89. The summed E-state index contributed by atoms with van der Waals surface area (Å²) in [5.74, 6) is 1.76. The van der Waals surface area contributed by atoms with Crippen LogP contribution >= 0.6 is 35.0 Å². The lowest BCUT2D eigenvalue weighted by molar-refractivity contribution is -0.115. The molecule has 0 aromatic heterocycles. The second-order valence-electron chi connectivity index (χ2n) is 6.92. The summed E-state index contributed by atoms with van der Waals surface area (Å²) in [6.45, 7) is 2.77. The van der Waals surface area contributed by atoms with Crippen LogP contribution in [0.2, 0.25) is 10.0 Å². The van der Waals surface area contributed by atoms with Gasteiger partial charge in [0.15, 0.2) is 11.5 Å². The summed E-state index contributed by atoms with van der Waals surface area (Å²) < 4.78 is 11.9. The SMILES string of the molecule is CCOc1cc([C@@H]2SCC(=O)N2c2ccc(Cl)cc2)ccc1OCc1ccccc1Cl. The zero-order chi connectivity index (χ0) is 21.8. The van der Waals surface area contributed by atoms with Gasteiger partial charge in [0.05, 0.1) is 12.4 Å². The Bertz CT molecular complexity index is 1070. The summed E-state index contributed by atoms with van der Waals surface area (Å²) in [5, 5.41) is 1.15. The largest absolute Gasteiger partial charge is 0.490 e. The molecule has 160 valence electrons. The van der Waals surface area contributed by atoms with E-state index in [0.717, 1.165) is 16.8 Å². The molecule has 7 heteroatoms. The highest BCUT2D eigenvalue weighted by atomic mass is 35.5. The van der Waals surface area contributed by atoms with Gasteiger partial charge < -0.3 is 9.47 Å². The number of halogens is 2. The van der Waals surface area contributed by atoms with Crippen molar-refractivity contribution >= 4 is 46.6 Å². The number of rotatable bonds is 7. The Morgan fingerprint density at radius 1 is 1.00 bits per heavy atom. The number of hydrogen-bond donors (Lipinski definition) is 0. The monoisotopic (exact) mass is 473 g/mol. The molecule has 3 aromatic rings. The fourth-order valence-electron chi connectivity index (χ4n) is 3.39. The first kappa shape index (κ1) is 21.9. The molecule has 1 amide bonds. The average molecular weight is 474 g/mol. The first-order chi connectivity index (χ1) is 15.1. The van der Waals surface area contributed by atoms with Crippen molar-refractivity contribution < 1.29 is 14.3 Å². The van der Waals surface area contributed by atoms with Crippen molar-refractivity contribution in [3.63, 3.8) is 0 Å². The Labute approximate surface area is 196 Å². The van der Waals surface area contributed by atoms with E-state index >= 15 is 0 Å². The van der Waals surface area contributed by atoms with E-state index in [2.05, 4.69) is 0 Å². The highest BCUT2D eigenvalue weighted by Gasteiger charge is 2.34. The van der Waals surface area contributed by atoms with Crippen molar-refractivity contribution in [3.05, 3.63) is 87.9 Å². The topological polar surface area (TPSA) is 38.8 Å². The number of carbonyl (C=O) groups excluding carboxylic acids is 1. The summed E-state index contributed by atoms with van der Waals surface area (Å²) in [4.78, 5) is 14.4. The molecule has 1 heterocycles. The molecular formula is C24H21Cl2NO3S. The molecule has 0 saturated carbocycles. The quantitative estimate of drug-likeness (QED) is 0.380. The number of carbonyl (C=O) groups is 1. The van der Waals surface area contributed by atoms with Crippen molar-refractivity contribution in [2.45, 2.75) is 18.9 Å². The van der Waals surface area contributed by atoms with Crippen LogP contribution in [0, 0.1) is 0 Å². The van der Waals surface area contributed by atoms with Crippen molar-refractivity contribution in [2.75, 3.05) is 17.3 Å². The molecule has 1 saturated heterocycles. The highest BCUT2D eigenvalue weighted by Crippen LogP contribution is 2.44. The van der Waals surface area contributed by atoms with Gasteiger partial charge in [-0.3, -0.25) is 9.69 Å². The molecule has 1 aliphatic heterocycles. The minimum absolute atomic E-state index is 0.0642. The summed E-state index contributed by atoms with van der Waals surface area (Å²) >= 11 is 13.8. The Morgan fingerprint density at radius 2 is 1.77 bits per heavy atom. The van der Waals surface area contributed by atoms with E-state index in [1.165, 1.54) is 0 Å². The lowest BCUT2D eigenvalue weighted by atomic mass is 10.1. The predicted octanol–water partition coefficient (Wildman–Crippen LogP) is 6.75. The van der Waals surface area contributed by atoms with Crippen LogP contribution in [0.4, 0.5) is 5.69 Å². The maximum Gasteiger partial charge on any atom is 0.238 e.